The average Bonchev–Trinajstić information content (AvgIpc) is 2.25. The van der Waals surface area contributed by atoms with E-state index in [1.54, 1.807) is 0 Å². The van der Waals surface area contributed by atoms with Crippen LogP contribution in [0.5, 0.6) is 0 Å². The Hall–Kier alpha value is -0.0800. The summed E-state index contributed by atoms with van der Waals surface area (Å²) in [5.74, 6) is 0.797. The minimum Gasteiger partial charge on any atom is -0.374 e. The first-order valence-electron chi connectivity index (χ1n) is 4.97. The molecule has 2 atom stereocenters. The summed E-state index contributed by atoms with van der Waals surface area (Å²) in [6.45, 7) is 10.2. The first kappa shape index (κ1) is 8.52. The Labute approximate surface area is 74.9 Å². The predicted octanol–water partition coefficient (Wildman–Crippen LogP) is 1.51. The van der Waals surface area contributed by atoms with E-state index in [4.69, 9.17) is 4.74 Å². The first-order valence-corrected chi connectivity index (χ1v) is 4.97. The molecule has 0 amide bonds. The predicted molar refractivity (Wildman–Crippen MR) is 49.2 cm³/mol. The van der Waals surface area contributed by atoms with Gasteiger partial charge in [-0.05, 0) is 33.1 Å². The van der Waals surface area contributed by atoms with Crippen molar-refractivity contribution in [2.75, 3.05) is 19.7 Å². The molecule has 0 saturated carbocycles. The van der Waals surface area contributed by atoms with Gasteiger partial charge < -0.3 is 4.74 Å². The summed E-state index contributed by atoms with van der Waals surface area (Å²) < 4.78 is 5.80. The van der Waals surface area contributed by atoms with Gasteiger partial charge in [-0.1, -0.05) is 0 Å². The Balaban J connectivity index is 2.06. The van der Waals surface area contributed by atoms with E-state index >= 15 is 0 Å². The topological polar surface area (TPSA) is 12.5 Å². The molecule has 70 valence electrons. The molecule has 2 saturated heterocycles. The molecular weight excluding hydrogens is 150 g/mol. The Morgan fingerprint density at radius 1 is 1.50 bits per heavy atom. The minimum atomic E-state index is 0.174. The molecule has 0 aromatic rings. The molecule has 2 rings (SSSR count). The Bertz CT molecular complexity index is 181. The highest BCUT2D eigenvalue weighted by molar-refractivity contribution is 4.94. The maximum Gasteiger partial charge on any atom is 0.0785 e. The lowest BCUT2D eigenvalue weighted by atomic mass is 9.90. The zero-order valence-electron chi connectivity index (χ0n) is 8.34. The summed E-state index contributed by atoms with van der Waals surface area (Å²) in [4.78, 5) is 2.54. The lowest BCUT2D eigenvalue weighted by Gasteiger charge is -2.38. The van der Waals surface area contributed by atoms with E-state index in [0.717, 1.165) is 19.1 Å². The molecular formula is C10H19NO. The zero-order valence-corrected chi connectivity index (χ0v) is 8.34. The second-order valence-corrected chi connectivity index (χ2v) is 4.85. The number of hydrogen-bond donors (Lipinski definition) is 0. The second-order valence-electron chi connectivity index (χ2n) is 4.85. The molecule has 1 unspecified atom stereocenters. The molecule has 0 aliphatic carbocycles. The molecule has 0 N–H and O–H groups in total. The van der Waals surface area contributed by atoms with Crippen LogP contribution >= 0.6 is 0 Å². The Kier molecular flexibility index (Phi) is 1.92. The number of likely N-dealkylation sites (tertiary alicyclic amines) is 1. The summed E-state index contributed by atoms with van der Waals surface area (Å²) in [6, 6.07) is 0.675. The third-order valence-electron chi connectivity index (χ3n) is 3.15. The summed E-state index contributed by atoms with van der Waals surface area (Å²) in [5.41, 5.74) is 0.174. The Morgan fingerprint density at radius 3 is 2.83 bits per heavy atom. The minimum absolute atomic E-state index is 0.174. The maximum atomic E-state index is 5.80. The molecule has 0 aromatic carbocycles. The molecule has 2 heteroatoms. The maximum absolute atomic E-state index is 5.80. The van der Waals surface area contributed by atoms with E-state index in [1.165, 1.54) is 13.0 Å². The van der Waals surface area contributed by atoms with Crippen LogP contribution in [-0.2, 0) is 4.74 Å². The number of fused-ring (bicyclic) bond motifs is 2. The first-order chi connectivity index (χ1) is 5.59. The van der Waals surface area contributed by atoms with Crippen LogP contribution in [0, 0.1) is 5.92 Å². The fourth-order valence-electron chi connectivity index (χ4n) is 2.49. The standard InChI is InChI=1S/C10H19NO/c1-8(2)11-5-9-4-10(3,7-11)12-6-9/h8-9H,4-7H2,1-3H3/t9-,10?/m0/s1. The molecule has 2 aliphatic heterocycles. The second kappa shape index (κ2) is 2.71. The fourth-order valence-corrected chi connectivity index (χ4v) is 2.49. The fraction of sp³-hybridized carbons (Fsp3) is 1.00. The molecule has 0 aromatic heterocycles. The normalized spacial score (nSPS) is 42.5. The summed E-state index contributed by atoms with van der Waals surface area (Å²) >= 11 is 0. The van der Waals surface area contributed by atoms with E-state index in [0.29, 0.717) is 6.04 Å². The van der Waals surface area contributed by atoms with Crippen molar-refractivity contribution in [2.24, 2.45) is 5.92 Å². The number of nitrogens with zero attached hydrogens (tertiary/aromatic N) is 1. The molecule has 2 aliphatic rings. The van der Waals surface area contributed by atoms with Crippen molar-refractivity contribution in [3.8, 4) is 0 Å². The average molecular weight is 169 g/mol. The lowest BCUT2D eigenvalue weighted by molar-refractivity contribution is -0.0113. The van der Waals surface area contributed by atoms with Crippen LogP contribution in [0.15, 0.2) is 0 Å². The quantitative estimate of drug-likeness (QED) is 0.590. The van der Waals surface area contributed by atoms with Gasteiger partial charge in [-0.15, -0.1) is 0 Å². The largest absolute Gasteiger partial charge is 0.374 e. The van der Waals surface area contributed by atoms with Crippen molar-refractivity contribution in [1.82, 2.24) is 4.90 Å². The number of hydrogen-bond acceptors (Lipinski definition) is 2. The lowest BCUT2D eigenvalue weighted by Crippen LogP contribution is -2.48. The third-order valence-corrected chi connectivity index (χ3v) is 3.15. The molecule has 2 fully saturated rings. The van der Waals surface area contributed by atoms with Gasteiger partial charge in [0.1, 0.15) is 0 Å². The van der Waals surface area contributed by atoms with Crippen LogP contribution in [0.25, 0.3) is 0 Å². The van der Waals surface area contributed by atoms with Crippen molar-refractivity contribution < 1.29 is 4.74 Å². The summed E-state index contributed by atoms with van der Waals surface area (Å²) in [5, 5.41) is 0. The van der Waals surface area contributed by atoms with Crippen molar-refractivity contribution >= 4 is 0 Å². The number of rotatable bonds is 1. The van der Waals surface area contributed by atoms with Gasteiger partial charge in [0.05, 0.1) is 12.2 Å². The smallest absolute Gasteiger partial charge is 0.0785 e. The summed E-state index contributed by atoms with van der Waals surface area (Å²) in [7, 11) is 0. The van der Waals surface area contributed by atoms with Gasteiger partial charge in [0.15, 0.2) is 0 Å². The molecule has 2 nitrogen and oxygen atoms in total. The van der Waals surface area contributed by atoms with Crippen LogP contribution in [0.2, 0.25) is 0 Å². The third kappa shape index (κ3) is 1.38. The van der Waals surface area contributed by atoms with E-state index in [2.05, 4.69) is 25.7 Å². The highest BCUT2D eigenvalue weighted by Gasteiger charge is 2.43. The number of piperidine rings is 1. The van der Waals surface area contributed by atoms with Gasteiger partial charge in [0.2, 0.25) is 0 Å². The SMILES string of the molecule is CC(C)N1C[C@H]2COC(C)(C2)C1. The Morgan fingerprint density at radius 2 is 2.25 bits per heavy atom. The van der Waals surface area contributed by atoms with Gasteiger partial charge in [0, 0.05) is 19.1 Å². The van der Waals surface area contributed by atoms with Crippen LogP contribution in [0.3, 0.4) is 0 Å². The van der Waals surface area contributed by atoms with Crippen molar-refractivity contribution in [2.45, 2.75) is 38.8 Å². The monoisotopic (exact) mass is 169 g/mol. The van der Waals surface area contributed by atoms with Crippen molar-refractivity contribution in [3.05, 3.63) is 0 Å². The van der Waals surface area contributed by atoms with Gasteiger partial charge in [-0.25, -0.2) is 0 Å². The molecule has 0 spiro atoms. The van der Waals surface area contributed by atoms with E-state index in [-0.39, 0.29) is 5.60 Å². The van der Waals surface area contributed by atoms with Gasteiger partial charge in [-0.3, -0.25) is 4.90 Å². The van der Waals surface area contributed by atoms with E-state index < -0.39 is 0 Å². The highest BCUT2D eigenvalue weighted by Crippen LogP contribution is 2.36. The van der Waals surface area contributed by atoms with E-state index in [9.17, 15) is 0 Å². The van der Waals surface area contributed by atoms with Crippen LogP contribution in [0.1, 0.15) is 27.2 Å². The van der Waals surface area contributed by atoms with Crippen molar-refractivity contribution in [3.63, 3.8) is 0 Å². The highest BCUT2D eigenvalue weighted by atomic mass is 16.5. The number of ether oxygens (including phenoxy) is 1. The summed E-state index contributed by atoms with van der Waals surface area (Å²) in [6.07, 6.45) is 1.27. The van der Waals surface area contributed by atoms with E-state index in [1.807, 2.05) is 0 Å². The molecule has 2 heterocycles. The molecule has 12 heavy (non-hydrogen) atoms. The zero-order chi connectivity index (χ0) is 8.77. The van der Waals surface area contributed by atoms with Gasteiger partial charge in [-0.2, -0.15) is 0 Å². The molecule has 2 bridgehead atoms. The molecule has 0 radical (unpaired) electrons. The van der Waals surface area contributed by atoms with Crippen LogP contribution < -0.4 is 0 Å². The van der Waals surface area contributed by atoms with Gasteiger partial charge >= 0.3 is 0 Å². The van der Waals surface area contributed by atoms with Gasteiger partial charge in [0.25, 0.3) is 0 Å². The van der Waals surface area contributed by atoms with Crippen LogP contribution in [-0.4, -0.2) is 36.2 Å². The van der Waals surface area contributed by atoms with Crippen molar-refractivity contribution in [1.29, 1.82) is 0 Å². The van der Waals surface area contributed by atoms with Crippen LogP contribution in [0.4, 0.5) is 0 Å².